The fourth-order valence-corrected chi connectivity index (χ4v) is 3.49. The third kappa shape index (κ3) is 5.84. The minimum Gasteiger partial charge on any atom is -0.478 e. The molecule has 1 aliphatic rings. The summed E-state index contributed by atoms with van der Waals surface area (Å²) in [5, 5.41) is 12.9. The maximum Gasteiger partial charge on any atom is 0.336 e. The molecule has 1 heterocycles. The van der Waals surface area contributed by atoms with E-state index in [2.05, 4.69) is 5.32 Å². The first-order valence-corrected chi connectivity index (χ1v) is 10.0. The van der Waals surface area contributed by atoms with Gasteiger partial charge in [-0.05, 0) is 58.7 Å². The van der Waals surface area contributed by atoms with Gasteiger partial charge >= 0.3 is 17.9 Å². The summed E-state index contributed by atoms with van der Waals surface area (Å²) in [4.78, 5) is 37.1. The van der Waals surface area contributed by atoms with Crippen LogP contribution in [-0.2, 0) is 23.9 Å². The van der Waals surface area contributed by atoms with Crippen molar-refractivity contribution in [2.45, 2.75) is 53.1 Å². The molecule has 0 aliphatic carbocycles. The topological polar surface area (TPSA) is 102 Å². The number of dihydropyridines is 1. The fourth-order valence-electron chi connectivity index (χ4n) is 3.49. The van der Waals surface area contributed by atoms with E-state index < -0.39 is 29.4 Å². The van der Waals surface area contributed by atoms with Crippen molar-refractivity contribution in [3.8, 4) is 0 Å². The molecule has 166 valence electrons. The molecule has 7 nitrogen and oxygen atoms in total. The van der Waals surface area contributed by atoms with Gasteiger partial charge in [0.2, 0.25) is 0 Å². The number of benzene rings is 1. The van der Waals surface area contributed by atoms with Crippen molar-refractivity contribution in [2.24, 2.45) is 0 Å². The molecule has 2 N–H and O–H groups in total. The predicted octanol–water partition coefficient (Wildman–Crippen LogP) is 3.92. The SMILES string of the molecule is CCOC(=O)C1=C(C)NC(C)=C(C(=O)O)C1c1ccccc1/C=C/C(=O)OC(C)(C)C. The highest BCUT2D eigenvalue weighted by molar-refractivity contribution is 5.99. The fraction of sp³-hybridized carbons (Fsp3) is 0.375. The molecule has 31 heavy (non-hydrogen) atoms. The number of ether oxygens (including phenoxy) is 2. The van der Waals surface area contributed by atoms with E-state index in [0.29, 0.717) is 22.5 Å². The van der Waals surface area contributed by atoms with Gasteiger partial charge in [-0.2, -0.15) is 0 Å². The van der Waals surface area contributed by atoms with Gasteiger partial charge in [-0.15, -0.1) is 0 Å². The zero-order valence-corrected chi connectivity index (χ0v) is 18.7. The first-order valence-electron chi connectivity index (χ1n) is 10.0. The number of hydrogen-bond acceptors (Lipinski definition) is 6. The summed E-state index contributed by atoms with van der Waals surface area (Å²) in [6.07, 6.45) is 2.86. The Labute approximate surface area is 182 Å². The van der Waals surface area contributed by atoms with E-state index in [4.69, 9.17) is 9.47 Å². The maximum atomic E-state index is 12.8. The Kier molecular flexibility index (Phi) is 7.44. The van der Waals surface area contributed by atoms with E-state index in [1.165, 1.54) is 6.08 Å². The van der Waals surface area contributed by atoms with Gasteiger partial charge in [0.1, 0.15) is 5.60 Å². The molecular formula is C24H29NO6. The lowest BCUT2D eigenvalue weighted by Gasteiger charge is -2.30. The molecule has 1 aliphatic heterocycles. The van der Waals surface area contributed by atoms with Gasteiger partial charge < -0.3 is 19.9 Å². The highest BCUT2D eigenvalue weighted by Crippen LogP contribution is 2.40. The number of carbonyl (C=O) groups excluding carboxylic acids is 2. The van der Waals surface area contributed by atoms with Crippen LogP contribution in [0.4, 0.5) is 0 Å². The van der Waals surface area contributed by atoms with Gasteiger partial charge in [-0.25, -0.2) is 14.4 Å². The van der Waals surface area contributed by atoms with Crippen LogP contribution in [0.15, 0.2) is 52.9 Å². The van der Waals surface area contributed by atoms with Crippen molar-refractivity contribution < 1.29 is 29.0 Å². The molecule has 0 aromatic heterocycles. The number of carboxylic acid groups (broad SMARTS) is 1. The van der Waals surface area contributed by atoms with Crippen LogP contribution in [0.25, 0.3) is 6.08 Å². The monoisotopic (exact) mass is 427 g/mol. The number of esters is 2. The molecule has 0 radical (unpaired) electrons. The summed E-state index contributed by atoms with van der Waals surface area (Å²) in [6, 6.07) is 7.03. The zero-order chi connectivity index (χ0) is 23.3. The molecule has 0 amide bonds. The van der Waals surface area contributed by atoms with Crippen molar-refractivity contribution in [2.75, 3.05) is 6.61 Å². The Balaban J connectivity index is 2.61. The average Bonchev–Trinajstić information content (AvgIpc) is 2.64. The van der Waals surface area contributed by atoms with E-state index in [9.17, 15) is 19.5 Å². The summed E-state index contributed by atoms with van der Waals surface area (Å²) in [7, 11) is 0. The van der Waals surface area contributed by atoms with Crippen molar-refractivity contribution in [1.29, 1.82) is 0 Å². The standard InChI is InChI=1S/C24H29NO6/c1-7-30-23(29)20-15(3)25-14(2)19(22(27)28)21(20)17-11-9-8-10-16(17)12-13-18(26)31-24(4,5)6/h8-13,21,25H,7H2,1-6H3,(H,27,28)/b13-12+. The first kappa shape index (κ1) is 23.9. The highest BCUT2D eigenvalue weighted by Gasteiger charge is 2.37. The Morgan fingerprint density at radius 2 is 1.71 bits per heavy atom. The minimum atomic E-state index is -1.14. The third-order valence-electron chi connectivity index (χ3n) is 4.60. The van der Waals surface area contributed by atoms with Crippen molar-refractivity contribution >= 4 is 24.0 Å². The van der Waals surface area contributed by atoms with Crippen LogP contribution in [0.5, 0.6) is 0 Å². The molecule has 0 saturated carbocycles. The second-order valence-corrected chi connectivity index (χ2v) is 8.16. The Morgan fingerprint density at radius 3 is 2.29 bits per heavy atom. The highest BCUT2D eigenvalue weighted by atomic mass is 16.6. The van der Waals surface area contributed by atoms with Crippen LogP contribution in [0, 0.1) is 0 Å². The second-order valence-electron chi connectivity index (χ2n) is 8.16. The quantitative estimate of drug-likeness (QED) is 0.524. The lowest BCUT2D eigenvalue weighted by atomic mass is 9.78. The number of allylic oxidation sites excluding steroid dienone is 2. The number of hydrogen-bond donors (Lipinski definition) is 2. The molecule has 1 aromatic carbocycles. The van der Waals surface area contributed by atoms with Crippen LogP contribution >= 0.6 is 0 Å². The number of rotatable bonds is 6. The molecule has 1 unspecified atom stereocenters. The van der Waals surface area contributed by atoms with Crippen LogP contribution in [0.2, 0.25) is 0 Å². The zero-order valence-electron chi connectivity index (χ0n) is 18.7. The molecule has 0 spiro atoms. The van der Waals surface area contributed by atoms with E-state index in [-0.39, 0.29) is 17.8 Å². The number of nitrogens with one attached hydrogen (secondary N) is 1. The lowest BCUT2D eigenvalue weighted by Crippen LogP contribution is -2.32. The maximum absolute atomic E-state index is 12.8. The lowest BCUT2D eigenvalue weighted by molar-refractivity contribution is -0.148. The van der Waals surface area contributed by atoms with Gasteiger partial charge in [0.15, 0.2) is 0 Å². The van der Waals surface area contributed by atoms with Crippen molar-refractivity contribution in [3.63, 3.8) is 0 Å². The molecule has 0 fully saturated rings. The smallest absolute Gasteiger partial charge is 0.336 e. The molecule has 7 heteroatoms. The number of carboxylic acids is 1. The van der Waals surface area contributed by atoms with Crippen LogP contribution in [-0.4, -0.2) is 35.2 Å². The predicted molar refractivity (Wildman–Crippen MR) is 117 cm³/mol. The van der Waals surface area contributed by atoms with Gasteiger partial charge in [0.25, 0.3) is 0 Å². The summed E-state index contributed by atoms with van der Waals surface area (Å²) in [5.41, 5.74) is 1.77. The van der Waals surface area contributed by atoms with Crippen LogP contribution < -0.4 is 5.32 Å². The van der Waals surface area contributed by atoms with E-state index in [1.54, 1.807) is 71.9 Å². The molecular weight excluding hydrogens is 398 g/mol. The van der Waals surface area contributed by atoms with Gasteiger partial charge in [0, 0.05) is 17.5 Å². The van der Waals surface area contributed by atoms with Gasteiger partial charge in [-0.1, -0.05) is 24.3 Å². The summed E-state index contributed by atoms with van der Waals surface area (Å²) in [5.74, 6) is -3.11. The third-order valence-corrected chi connectivity index (χ3v) is 4.60. The van der Waals surface area contributed by atoms with E-state index >= 15 is 0 Å². The van der Waals surface area contributed by atoms with E-state index in [0.717, 1.165) is 0 Å². The number of carbonyl (C=O) groups is 3. The molecule has 2 rings (SSSR count). The molecule has 0 saturated heterocycles. The Hall–Kier alpha value is -3.35. The average molecular weight is 427 g/mol. The molecule has 0 bridgehead atoms. The van der Waals surface area contributed by atoms with Gasteiger partial charge in [0.05, 0.1) is 23.7 Å². The van der Waals surface area contributed by atoms with Crippen molar-refractivity contribution in [3.05, 3.63) is 64.0 Å². The normalized spacial score (nSPS) is 16.9. The van der Waals surface area contributed by atoms with Crippen molar-refractivity contribution in [1.82, 2.24) is 5.32 Å². The first-order chi connectivity index (χ1) is 14.5. The second kappa shape index (κ2) is 9.64. The molecule has 1 atom stereocenters. The van der Waals surface area contributed by atoms with Crippen LogP contribution in [0.3, 0.4) is 0 Å². The van der Waals surface area contributed by atoms with Gasteiger partial charge in [-0.3, -0.25) is 0 Å². The number of aliphatic carboxylic acids is 1. The summed E-state index contributed by atoms with van der Waals surface area (Å²) < 4.78 is 10.5. The Morgan fingerprint density at radius 1 is 1.10 bits per heavy atom. The Bertz CT molecular complexity index is 978. The summed E-state index contributed by atoms with van der Waals surface area (Å²) >= 11 is 0. The van der Waals surface area contributed by atoms with E-state index in [1.807, 2.05) is 0 Å². The van der Waals surface area contributed by atoms with Crippen LogP contribution in [0.1, 0.15) is 58.6 Å². The summed E-state index contributed by atoms with van der Waals surface area (Å²) in [6.45, 7) is 10.5. The largest absolute Gasteiger partial charge is 0.478 e. The minimum absolute atomic E-state index is 0.0479. The molecule has 1 aromatic rings.